The number of aromatic nitrogens is 2. The van der Waals surface area contributed by atoms with E-state index in [0.29, 0.717) is 23.9 Å². The van der Waals surface area contributed by atoms with Crippen LogP contribution in [0.2, 0.25) is 0 Å². The van der Waals surface area contributed by atoms with Crippen molar-refractivity contribution in [1.29, 1.82) is 0 Å². The summed E-state index contributed by atoms with van der Waals surface area (Å²) in [7, 11) is 1.55. The Morgan fingerprint density at radius 1 is 1.04 bits per heavy atom. The van der Waals surface area contributed by atoms with E-state index in [1.165, 1.54) is 12.4 Å². The summed E-state index contributed by atoms with van der Waals surface area (Å²) in [6, 6.07) is 14.7. The third kappa shape index (κ3) is 4.72. The fourth-order valence-corrected chi connectivity index (χ4v) is 2.39. The Kier molecular flexibility index (Phi) is 5.84. The van der Waals surface area contributed by atoms with Gasteiger partial charge >= 0.3 is 0 Å². The van der Waals surface area contributed by atoms with Crippen molar-refractivity contribution in [1.82, 2.24) is 9.97 Å². The number of nitrogens with one attached hydrogen (secondary N) is 2. The topological polar surface area (TPSA) is 85.4 Å². The molecule has 7 nitrogen and oxygen atoms in total. The molecule has 3 rings (SSSR count). The Hall–Kier alpha value is -3.61. The van der Waals surface area contributed by atoms with E-state index in [0.717, 1.165) is 11.4 Å². The number of nitrogens with zero attached hydrogens (tertiary/aromatic N) is 2. The number of hydrogen-bond acceptors (Lipinski definition) is 6. The fraction of sp³-hybridized carbons (Fsp3) is 0.150. The number of carbonyl (C=O) groups is 1. The Balaban J connectivity index is 1.65. The van der Waals surface area contributed by atoms with E-state index in [4.69, 9.17) is 9.47 Å². The maximum absolute atomic E-state index is 12.3. The quantitative estimate of drug-likeness (QED) is 0.662. The minimum absolute atomic E-state index is 0.207. The van der Waals surface area contributed by atoms with Crippen molar-refractivity contribution in [3.05, 3.63) is 66.6 Å². The molecule has 0 fully saturated rings. The van der Waals surface area contributed by atoms with Gasteiger partial charge in [-0.05, 0) is 43.3 Å². The minimum atomic E-state index is -0.361. The summed E-state index contributed by atoms with van der Waals surface area (Å²) in [6.07, 6.45) is 2.93. The molecule has 2 N–H and O–H groups in total. The smallest absolute Gasteiger partial charge is 0.275 e. The third-order valence-electron chi connectivity index (χ3n) is 3.68. The number of anilines is 3. The molecule has 27 heavy (non-hydrogen) atoms. The van der Waals surface area contributed by atoms with E-state index < -0.39 is 0 Å². The number of ether oxygens (including phenoxy) is 2. The molecule has 0 bridgehead atoms. The Morgan fingerprint density at radius 2 is 1.81 bits per heavy atom. The predicted octanol–water partition coefficient (Wildman–Crippen LogP) is 3.88. The molecule has 0 atom stereocenters. The van der Waals surface area contributed by atoms with Gasteiger partial charge < -0.3 is 20.1 Å². The number of rotatable bonds is 7. The second kappa shape index (κ2) is 8.66. The first-order chi connectivity index (χ1) is 13.2. The van der Waals surface area contributed by atoms with Crippen LogP contribution < -0.4 is 20.1 Å². The molecule has 0 radical (unpaired) electrons. The molecule has 1 amide bonds. The molecule has 7 heteroatoms. The van der Waals surface area contributed by atoms with Gasteiger partial charge in [0.25, 0.3) is 5.91 Å². The molecule has 2 aromatic carbocycles. The van der Waals surface area contributed by atoms with Gasteiger partial charge in [-0.3, -0.25) is 4.79 Å². The molecule has 3 aromatic rings. The van der Waals surface area contributed by atoms with E-state index in [1.807, 2.05) is 43.3 Å². The minimum Gasteiger partial charge on any atom is -0.495 e. The van der Waals surface area contributed by atoms with Crippen molar-refractivity contribution in [2.75, 3.05) is 24.4 Å². The number of amides is 1. The van der Waals surface area contributed by atoms with Crippen LogP contribution in [0.25, 0.3) is 0 Å². The molecule has 1 heterocycles. The average Bonchev–Trinajstić information content (AvgIpc) is 2.70. The first-order valence-electron chi connectivity index (χ1n) is 8.46. The van der Waals surface area contributed by atoms with Crippen molar-refractivity contribution in [2.45, 2.75) is 6.92 Å². The molecule has 0 saturated carbocycles. The summed E-state index contributed by atoms with van der Waals surface area (Å²) >= 11 is 0. The van der Waals surface area contributed by atoms with Crippen LogP contribution in [0, 0.1) is 0 Å². The summed E-state index contributed by atoms with van der Waals surface area (Å²) in [5.74, 6) is 1.55. The molecule has 0 saturated heterocycles. The number of carbonyl (C=O) groups excluding carboxylic acids is 1. The van der Waals surface area contributed by atoms with Crippen molar-refractivity contribution in [3.8, 4) is 11.5 Å². The summed E-state index contributed by atoms with van der Waals surface area (Å²) in [6.45, 7) is 2.56. The van der Waals surface area contributed by atoms with Crippen LogP contribution in [0.5, 0.6) is 11.5 Å². The van der Waals surface area contributed by atoms with Crippen LogP contribution in [-0.4, -0.2) is 29.6 Å². The van der Waals surface area contributed by atoms with Gasteiger partial charge in [-0.2, -0.15) is 0 Å². The number of hydrogen-bond donors (Lipinski definition) is 2. The maximum Gasteiger partial charge on any atom is 0.275 e. The largest absolute Gasteiger partial charge is 0.495 e. The van der Waals surface area contributed by atoms with Crippen LogP contribution >= 0.6 is 0 Å². The van der Waals surface area contributed by atoms with Crippen LogP contribution in [0.4, 0.5) is 17.2 Å². The van der Waals surface area contributed by atoms with Crippen molar-refractivity contribution in [3.63, 3.8) is 0 Å². The van der Waals surface area contributed by atoms with Crippen molar-refractivity contribution in [2.24, 2.45) is 0 Å². The lowest BCUT2D eigenvalue weighted by atomic mass is 10.3. The van der Waals surface area contributed by atoms with Crippen LogP contribution in [0.3, 0.4) is 0 Å². The zero-order chi connectivity index (χ0) is 19.1. The summed E-state index contributed by atoms with van der Waals surface area (Å²) in [5.41, 5.74) is 1.63. The number of benzene rings is 2. The highest BCUT2D eigenvalue weighted by Crippen LogP contribution is 2.23. The SMILES string of the molecule is CCOc1ccc(Nc2cnc(C(=O)Nc3ccccc3OC)cn2)cc1. The Morgan fingerprint density at radius 3 is 2.48 bits per heavy atom. The Bertz CT molecular complexity index is 896. The molecule has 0 unspecified atom stereocenters. The highest BCUT2D eigenvalue weighted by molar-refractivity contribution is 6.03. The summed E-state index contributed by atoms with van der Waals surface area (Å²) in [4.78, 5) is 20.8. The molecule has 1 aromatic heterocycles. The van der Waals surface area contributed by atoms with Crippen LogP contribution in [0.1, 0.15) is 17.4 Å². The van der Waals surface area contributed by atoms with E-state index in [9.17, 15) is 4.79 Å². The zero-order valence-corrected chi connectivity index (χ0v) is 15.1. The van der Waals surface area contributed by atoms with E-state index in [2.05, 4.69) is 20.6 Å². The van der Waals surface area contributed by atoms with Gasteiger partial charge in [0.05, 0.1) is 31.8 Å². The lowest BCUT2D eigenvalue weighted by molar-refractivity contribution is 0.102. The first-order valence-corrected chi connectivity index (χ1v) is 8.46. The second-order valence-electron chi connectivity index (χ2n) is 5.52. The van der Waals surface area contributed by atoms with Gasteiger partial charge in [0, 0.05) is 5.69 Å². The molecule has 0 aliphatic rings. The average molecular weight is 364 g/mol. The van der Waals surface area contributed by atoms with Gasteiger partial charge in [0.2, 0.25) is 0 Å². The molecule has 0 aliphatic carbocycles. The van der Waals surface area contributed by atoms with Crippen molar-refractivity contribution < 1.29 is 14.3 Å². The molecule has 0 aliphatic heterocycles. The molecule has 138 valence electrons. The van der Waals surface area contributed by atoms with E-state index in [1.54, 1.807) is 19.2 Å². The predicted molar refractivity (Wildman–Crippen MR) is 104 cm³/mol. The highest BCUT2D eigenvalue weighted by atomic mass is 16.5. The lowest BCUT2D eigenvalue weighted by Gasteiger charge is -2.10. The number of para-hydroxylation sites is 2. The first kappa shape index (κ1) is 18.2. The van der Waals surface area contributed by atoms with Gasteiger partial charge in [-0.1, -0.05) is 12.1 Å². The fourth-order valence-electron chi connectivity index (χ4n) is 2.39. The highest BCUT2D eigenvalue weighted by Gasteiger charge is 2.11. The lowest BCUT2D eigenvalue weighted by Crippen LogP contribution is -2.14. The van der Waals surface area contributed by atoms with Crippen LogP contribution in [-0.2, 0) is 0 Å². The normalized spacial score (nSPS) is 10.1. The molecular weight excluding hydrogens is 344 g/mol. The maximum atomic E-state index is 12.3. The van der Waals surface area contributed by atoms with Gasteiger partial charge in [0.1, 0.15) is 23.0 Å². The third-order valence-corrected chi connectivity index (χ3v) is 3.68. The van der Waals surface area contributed by atoms with Crippen molar-refractivity contribution >= 4 is 23.1 Å². The summed E-state index contributed by atoms with van der Waals surface area (Å²) in [5, 5.41) is 5.89. The van der Waals surface area contributed by atoms with Gasteiger partial charge in [0.15, 0.2) is 0 Å². The second-order valence-corrected chi connectivity index (χ2v) is 5.52. The summed E-state index contributed by atoms with van der Waals surface area (Å²) < 4.78 is 10.6. The van der Waals surface area contributed by atoms with Gasteiger partial charge in [-0.25, -0.2) is 9.97 Å². The van der Waals surface area contributed by atoms with Crippen LogP contribution in [0.15, 0.2) is 60.9 Å². The monoisotopic (exact) mass is 364 g/mol. The standard InChI is InChI=1S/C20H20N4O3/c1-3-27-15-10-8-14(9-11-15)23-19-13-21-17(12-22-19)20(25)24-16-6-4-5-7-18(16)26-2/h4-13H,3H2,1-2H3,(H,22,23)(H,24,25). The zero-order valence-electron chi connectivity index (χ0n) is 15.1. The van der Waals surface area contributed by atoms with Gasteiger partial charge in [-0.15, -0.1) is 0 Å². The molecular formula is C20H20N4O3. The molecule has 0 spiro atoms. The van der Waals surface area contributed by atoms with E-state index >= 15 is 0 Å². The Labute approximate surface area is 157 Å². The van der Waals surface area contributed by atoms with E-state index in [-0.39, 0.29) is 11.6 Å². The number of methoxy groups -OCH3 is 1.